The van der Waals surface area contributed by atoms with E-state index in [0.717, 1.165) is 25.8 Å². The van der Waals surface area contributed by atoms with Crippen molar-refractivity contribution in [1.29, 1.82) is 0 Å². The van der Waals surface area contributed by atoms with Gasteiger partial charge in [0.15, 0.2) is 0 Å². The lowest BCUT2D eigenvalue weighted by atomic mass is 9.93. The van der Waals surface area contributed by atoms with Gasteiger partial charge in [-0.05, 0) is 32.2 Å². The van der Waals surface area contributed by atoms with Gasteiger partial charge in [0.05, 0.1) is 5.54 Å². The van der Waals surface area contributed by atoms with E-state index in [4.69, 9.17) is 5.73 Å². The minimum absolute atomic E-state index is 0.0528. The van der Waals surface area contributed by atoms with Crippen molar-refractivity contribution in [3.63, 3.8) is 0 Å². The first-order valence-corrected chi connectivity index (χ1v) is 5.92. The molecule has 5 nitrogen and oxygen atoms in total. The van der Waals surface area contributed by atoms with Crippen molar-refractivity contribution in [2.24, 2.45) is 5.73 Å². The van der Waals surface area contributed by atoms with Crippen LogP contribution in [0.4, 0.5) is 0 Å². The summed E-state index contributed by atoms with van der Waals surface area (Å²) in [6.07, 6.45) is 3.68. The summed E-state index contributed by atoms with van der Waals surface area (Å²) in [7, 11) is 0. The van der Waals surface area contributed by atoms with Crippen molar-refractivity contribution < 1.29 is 9.59 Å². The fourth-order valence-electron chi connectivity index (χ4n) is 2.10. The average molecular weight is 227 g/mol. The normalized spacial score (nSPS) is 24.3. The van der Waals surface area contributed by atoms with Crippen molar-refractivity contribution in [3.8, 4) is 0 Å². The molecule has 92 valence electrons. The Morgan fingerprint density at radius 2 is 2.25 bits per heavy atom. The topological polar surface area (TPSA) is 84.2 Å². The number of rotatable bonds is 6. The maximum atomic E-state index is 12.0. The summed E-state index contributed by atoms with van der Waals surface area (Å²) >= 11 is 0. The molecule has 4 N–H and O–H groups in total. The van der Waals surface area contributed by atoms with Crippen molar-refractivity contribution in [2.75, 3.05) is 13.1 Å². The van der Waals surface area contributed by atoms with E-state index < -0.39 is 0 Å². The van der Waals surface area contributed by atoms with Gasteiger partial charge >= 0.3 is 0 Å². The average Bonchev–Trinajstić information content (AvgIpc) is 2.73. The van der Waals surface area contributed by atoms with Gasteiger partial charge in [0.25, 0.3) is 0 Å². The number of carbonyl (C=O) groups excluding carboxylic acids is 2. The molecule has 2 amide bonds. The van der Waals surface area contributed by atoms with E-state index in [1.54, 1.807) is 0 Å². The summed E-state index contributed by atoms with van der Waals surface area (Å²) < 4.78 is 0. The summed E-state index contributed by atoms with van der Waals surface area (Å²) in [6, 6.07) is 0. The summed E-state index contributed by atoms with van der Waals surface area (Å²) in [4.78, 5) is 22.5. The van der Waals surface area contributed by atoms with Crippen LogP contribution in [0, 0.1) is 0 Å². The van der Waals surface area contributed by atoms with Gasteiger partial charge in [0.2, 0.25) is 11.8 Å². The van der Waals surface area contributed by atoms with E-state index in [0.29, 0.717) is 19.4 Å². The SMILES string of the molecule is CCC1(C(=O)NCCCC(N)=O)CCCN1. The van der Waals surface area contributed by atoms with Gasteiger partial charge in [-0.3, -0.25) is 9.59 Å². The molecule has 0 saturated carbocycles. The number of hydrogen-bond acceptors (Lipinski definition) is 3. The molecule has 0 aromatic carbocycles. The first kappa shape index (κ1) is 13.0. The third-order valence-electron chi connectivity index (χ3n) is 3.17. The van der Waals surface area contributed by atoms with Gasteiger partial charge in [-0.25, -0.2) is 0 Å². The number of amides is 2. The van der Waals surface area contributed by atoms with Gasteiger partial charge in [-0.2, -0.15) is 0 Å². The minimum Gasteiger partial charge on any atom is -0.370 e. The number of hydrogen-bond donors (Lipinski definition) is 3. The summed E-state index contributed by atoms with van der Waals surface area (Å²) in [5, 5.41) is 6.13. The molecule has 5 heteroatoms. The molecule has 1 unspecified atom stereocenters. The van der Waals surface area contributed by atoms with E-state index in [-0.39, 0.29) is 17.4 Å². The molecule has 0 aromatic heterocycles. The summed E-state index contributed by atoms with van der Waals surface area (Å²) in [5.74, 6) is -0.268. The van der Waals surface area contributed by atoms with Crippen LogP contribution in [0.15, 0.2) is 0 Å². The molecular formula is C11H21N3O2. The molecule has 16 heavy (non-hydrogen) atoms. The lowest BCUT2D eigenvalue weighted by molar-refractivity contribution is -0.127. The molecule has 1 rings (SSSR count). The largest absolute Gasteiger partial charge is 0.370 e. The van der Waals surface area contributed by atoms with Crippen LogP contribution in [-0.4, -0.2) is 30.4 Å². The fraction of sp³-hybridized carbons (Fsp3) is 0.818. The van der Waals surface area contributed by atoms with Crippen LogP contribution in [0.5, 0.6) is 0 Å². The van der Waals surface area contributed by atoms with Crippen molar-refractivity contribution in [3.05, 3.63) is 0 Å². The highest BCUT2D eigenvalue weighted by molar-refractivity contribution is 5.86. The molecular weight excluding hydrogens is 206 g/mol. The molecule has 0 spiro atoms. The highest BCUT2D eigenvalue weighted by Gasteiger charge is 2.38. The van der Waals surface area contributed by atoms with Gasteiger partial charge in [-0.1, -0.05) is 6.92 Å². The maximum Gasteiger partial charge on any atom is 0.240 e. The third kappa shape index (κ3) is 3.20. The quantitative estimate of drug-likeness (QED) is 0.554. The van der Waals surface area contributed by atoms with Crippen molar-refractivity contribution in [1.82, 2.24) is 10.6 Å². The summed E-state index contributed by atoms with van der Waals surface area (Å²) in [5.41, 5.74) is 4.64. The van der Waals surface area contributed by atoms with Gasteiger partial charge in [-0.15, -0.1) is 0 Å². The Morgan fingerprint density at radius 3 is 2.75 bits per heavy atom. The second kappa shape index (κ2) is 5.84. The Bertz CT molecular complexity index is 260. The Labute approximate surface area is 96.1 Å². The standard InChI is InChI=1S/C11H21N3O2/c1-2-11(6-4-8-14-11)10(16)13-7-3-5-9(12)15/h14H,2-8H2,1H3,(H2,12,15)(H,13,16). The molecule has 0 aromatic rings. The van der Waals surface area contributed by atoms with Crippen molar-refractivity contribution in [2.45, 2.75) is 44.6 Å². The van der Waals surface area contributed by atoms with Crippen molar-refractivity contribution >= 4 is 11.8 Å². The van der Waals surface area contributed by atoms with Crippen LogP contribution in [0.3, 0.4) is 0 Å². The highest BCUT2D eigenvalue weighted by Crippen LogP contribution is 2.22. The van der Waals surface area contributed by atoms with Gasteiger partial charge in [0, 0.05) is 13.0 Å². The first-order valence-electron chi connectivity index (χ1n) is 5.92. The van der Waals surface area contributed by atoms with Crippen LogP contribution in [0.1, 0.15) is 39.0 Å². The smallest absolute Gasteiger partial charge is 0.240 e. The first-order chi connectivity index (χ1) is 7.60. The zero-order valence-electron chi connectivity index (χ0n) is 9.84. The zero-order valence-corrected chi connectivity index (χ0v) is 9.84. The molecule has 0 radical (unpaired) electrons. The predicted molar refractivity (Wildman–Crippen MR) is 61.7 cm³/mol. The number of primary amides is 1. The molecule has 1 fully saturated rings. The Balaban J connectivity index is 2.30. The number of nitrogens with two attached hydrogens (primary N) is 1. The van der Waals surface area contributed by atoms with E-state index >= 15 is 0 Å². The molecule has 1 aliphatic heterocycles. The lowest BCUT2D eigenvalue weighted by Crippen LogP contribution is -2.53. The van der Waals surface area contributed by atoms with Gasteiger partial charge in [0.1, 0.15) is 0 Å². The van der Waals surface area contributed by atoms with E-state index in [1.807, 2.05) is 6.92 Å². The number of nitrogens with one attached hydrogen (secondary N) is 2. The Hall–Kier alpha value is -1.10. The van der Waals surface area contributed by atoms with Crippen LogP contribution >= 0.6 is 0 Å². The highest BCUT2D eigenvalue weighted by atomic mass is 16.2. The molecule has 1 heterocycles. The fourth-order valence-corrected chi connectivity index (χ4v) is 2.10. The second-order valence-corrected chi connectivity index (χ2v) is 4.29. The number of carbonyl (C=O) groups is 2. The van der Waals surface area contributed by atoms with Crippen LogP contribution in [0.2, 0.25) is 0 Å². The second-order valence-electron chi connectivity index (χ2n) is 4.29. The lowest BCUT2D eigenvalue weighted by Gasteiger charge is -2.26. The van der Waals surface area contributed by atoms with E-state index in [2.05, 4.69) is 10.6 Å². The van der Waals surface area contributed by atoms with Crippen LogP contribution < -0.4 is 16.4 Å². The minimum atomic E-state index is -0.382. The predicted octanol–water partition coefficient (Wildman–Crippen LogP) is -0.0997. The molecule has 1 saturated heterocycles. The molecule has 1 aliphatic rings. The monoisotopic (exact) mass is 227 g/mol. The zero-order chi connectivity index (χ0) is 12.0. The summed E-state index contributed by atoms with van der Waals surface area (Å²) in [6.45, 7) is 3.44. The molecule has 1 atom stereocenters. The van der Waals surface area contributed by atoms with E-state index in [9.17, 15) is 9.59 Å². The van der Waals surface area contributed by atoms with Crippen LogP contribution in [-0.2, 0) is 9.59 Å². The Kier molecular flexibility index (Phi) is 4.73. The Morgan fingerprint density at radius 1 is 1.50 bits per heavy atom. The third-order valence-corrected chi connectivity index (χ3v) is 3.17. The van der Waals surface area contributed by atoms with E-state index in [1.165, 1.54) is 0 Å². The van der Waals surface area contributed by atoms with Gasteiger partial charge < -0.3 is 16.4 Å². The van der Waals surface area contributed by atoms with Crippen LogP contribution in [0.25, 0.3) is 0 Å². The molecule has 0 bridgehead atoms. The molecule has 0 aliphatic carbocycles. The maximum absolute atomic E-state index is 12.0.